The molecule has 0 heterocycles. The molecule has 384 valence electrons. The normalized spacial score (nSPS) is 14.0. The van der Waals surface area contributed by atoms with Crippen LogP contribution in [0.1, 0.15) is 131 Å². The SMILES string of the molecule is CC.CC.CC.FC(F)(F)c1cc2ccc1CCc1ccc(c(C(F)(F)F)c1)CC2.FC(F)(F)c1cc2ccc1CCc1ccc(c(I)c1)CC2.FC(F)(F)c1cc2ccc1CCc1ccc(cc1)CC2. The van der Waals surface area contributed by atoms with Crippen LogP contribution >= 0.6 is 22.6 Å². The van der Waals surface area contributed by atoms with E-state index in [0.29, 0.717) is 60.8 Å². The summed E-state index contributed by atoms with van der Waals surface area (Å²) in [6.07, 6.45) is -12.2. The minimum absolute atomic E-state index is 0.0474. The van der Waals surface area contributed by atoms with Gasteiger partial charge >= 0.3 is 24.7 Å². The Kier molecular flexibility index (Phi) is 21.7. The maximum Gasteiger partial charge on any atom is 0.416 e. The second-order valence-electron chi connectivity index (χ2n) is 16.7. The second-order valence-corrected chi connectivity index (χ2v) is 17.9. The van der Waals surface area contributed by atoms with Crippen LogP contribution in [0.5, 0.6) is 0 Å². The van der Waals surface area contributed by atoms with Crippen molar-refractivity contribution in [2.75, 3.05) is 0 Å². The largest absolute Gasteiger partial charge is 0.416 e. The number of halogens is 13. The van der Waals surface area contributed by atoms with E-state index in [1.165, 1.54) is 39.0 Å². The molecule has 0 saturated carbocycles. The molecule has 0 fully saturated rings. The molecule has 12 bridgehead atoms. The molecule has 0 aromatic heterocycles. The first-order valence-corrected chi connectivity index (χ1v) is 25.3. The summed E-state index contributed by atoms with van der Waals surface area (Å²) >= 11 is 2.31. The van der Waals surface area contributed by atoms with E-state index in [2.05, 4.69) is 46.9 Å². The summed E-state index contributed by atoms with van der Waals surface area (Å²) in [6, 6.07) is 32.2. The van der Waals surface area contributed by atoms with Crippen molar-refractivity contribution in [1.29, 1.82) is 0 Å². The van der Waals surface area contributed by atoms with Gasteiger partial charge in [-0.3, -0.25) is 0 Å². The molecule has 71 heavy (non-hydrogen) atoms. The molecule has 18 rings (SSSR count). The van der Waals surface area contributed by atoms with E-state index in [-0.39, 0.29) is 36.8 Å². The van der Waals surface area contributed by atoms with Crippen molar-refractivity contribution < 1.29 is 52.7 Å². The lowest BCUT2D eigenvalue weighted by atomic mass is 9.91. The van der Waals surface area contributed by atoms with E-state index in [1.807, 2.05) is 71.9 Å². The first-order chi connectivity index (χ1) is 33.6. The average Bonchev–Trinajstić information content (AvgIpc) is 3.32. The highest BCUT2D eigenvalue weighted by molar-refractivity contribution is 14.1. The van der Waals surface area contributed by atoms with E-state index >= 15 is 0 Å². The van der Waals surface area contributed by atoms with Crippen LogP contribution < -0.4 is 0 Å². The molecule has 12 aliphatic carbocycles. The summed E-state index contributed by atoms with van der Waals surface area (Å²) in [5.74, 6) is 0. The quantitative estimate of drug-likeness (QED) is 0.105. The Hall–Kier alpha value is -4.79. The van der Waals surface area contributed by atoms with Crippen molar-refractivity contribution in [1.82, 2.24) is 0 Å². The van der Waals surface area contributed by atoms with E-state index in [9.17, 15) is 52.7 Å². The fourth-order valence-electron chi connectivity index (χ4n) is 8.55. The third kappa shape index (κ3) is 16.9. The van der Waals surface area contributed by atoms with Crippen molar-refractivity contribution in [3.05, 3.63) is 208 Å². The molecule has 0 aliphatic heterocycles. The van der Waals surface area contributed by atoms with Crippen molar-refractivity contribution in [3.63, 3.8) is 0 Å². The van der Waals surface area contributed by atoms with Gasteiger partial charge in [0.15, 0.2) is 0 Å². The van der Waals surface area contributed by atoms with E-state index in [4.69, 9.17) is 0 Å². The van der Waals surface area contributed by atoms with E-state index in [1.54, 1.807) is 24.3 Å². The molecule has 6 aromatic rings. The van der Waals surface area contributed by atoms with Crippen LogP contribution in [0.15, 0.2) is 115 Å². The molecule has 13 heteroatoms. The van der Waals surface area contributed by atoms with Gasteiger partial charge in [-0.25, -0.2) is 0 Å². The summed E-state index contributed by atoms with van der Waals surface area (Å²) < 4.78 is 159. The van der Waals surface area contributed by atoms with Gasteiger partial charge in [0.05, 0.1) is 22.3 Å². The Morgan fingerprint density at radius 1 is 0.254 bits per heavy atom. The maximum absolute atomic E-state index is 13.2. The van der Waals surface area contributed by atoms with Gasteiger partial charge in [0.2, 0.25) is 0 Å². The van der Waals surface area contributed by atoms with Gasteiger partial charge in [0.25, 0.3) is 0 Å². The van der Waals surface area contributed by atoms with Crippen LogP contribution in [0.3, 0.4) is 0 Å². The van der Waals surface area contributed by atoms with Gasteiger partial charge in [-0.05, 0) is 197 Å². The molecule has 12 aliphatic rings. The second kappa shape index (κ2) is 26.2. The highest BCUT2D eigenvalue weighted by atomic mass is 127. The van der Waals surface area contributed by atoms with Crippen LogP contribution in [0.4, 0.5) is 52.7 Å². The lowest BCUT2D eigenvalue weighted by molar-refractivity contribution is -0.139. The lowest BCUT2D eigenvalue weighted by Gasteiger charge is -2.19. The Bertz CT molecular complexity index is 2550. The molecular weight excluding hydrogens is 1050 g/mol. The zero-order chi connectivity index (χ0) is 52.7. The molecule has 0 saturated heterocycles. The van der Waals surface area contributed by atoms with Crippen LogP contribution in [0, 0.1) is 3.57 Å². The van der Waals surface area contributed by atoms with E-state index in [0.717, 1.165) is 47.2 Å². The smallest absolute Gasteiger partial charge is 0.166 e. The lowest BCUT2D eigenvalue weighted by Crippen LogP contribution is -2.14. The molecule has 0 nitrogen and oxygen atoms in total. The van der Waals surface area contributed by atoms with Crippen LogP contribution in [-0.2, 0) is 102 Å². The molecule has 0 amide bonds. The summed E-state index contributed by atoms with van der Waals surface area (Å²) in [5.41, 5.74) is 5.57. The fourth-order valence-corrected chi connectivity index (χ4v) is 9.40. The molecule has 6 aromatic carbocycles. The van der Waals surface area contributed by atoms with Gasteiger partial charge < -0.3 is 0 Å². The first-order valence-electron chi connectivity index (χ1n) is 24.2. The van der Waals surface area contributed by atoms with Gasteiger partial charge in [-0.2, -0.15) is 52.7 Å². The minimum Gasteiger partial charge on any atom is -0.166 e. The zero-order valence-electron chi connectivity index (χ0n) is 40.9. The predicted molar refractivity (Wildman–Crippen MR) is 270 cm³/mol. The van der Waals surface area contributed by atoms with Gasteiger partial charge in [-0.1, -0.05) is 126 Å². The van der Waals surface area contributed by atoms with Gasteiger partial charge in [0.1, 0.15) is 0 Å². The number of hydrogen-bond acceptors (Lipinski definition) is 0. The molecule has 0 unspecified atom stereocenters. The number of hydrogen-bond donors (Lipinski definition) is 0. The highest BCUT2D eigenvalue weighted by Crippen LogP contribution is 2.38. The average molecular weight is 1110 g/mol. The summed E-state index contributed by atoms with van der Waals surface area (Å²) in [7, 11) is 0. The number of rotatable bonds is 0. The zero-order valence-corrected chi connectivity index (χ0v) is 43.0. The van der Waals surface area contributed by atoms with Crippen molar-refractivity contribution in [2.45, 2.75) is 143 Å². The summed E-state index contributed by atoms with van der Waals surface area (Å²) in [5, 5.41) is 0. The molecular formula is C58H61F12I. The monoisotopic (exact) mass is 1110 g/mol. The Morgan fingerprint density at radius 3 is 0.690 bits per heavy atom. The Morgan fingerprint density at radius 2 is 0.437 bits per heavy atom. The maximum atomic E-state index is 13.2. The molecule has 0 radical (unpaired) electrons. The van der Waals surface area contributed by atoms with Crippen molar-refractivity contribution in [3.8, 4) is 0 Å². The number of alkyl halides is 12. The highest BCUT2D eigenvalue weighted by Gasteiger charge is 2.37. The fraction of sp³-hybridized carbons (Fsp3) is 0.379. The number of benzene rings is 6. The molecule has 0 N–H and O–H groups in total. The topological polar surface area (TPSA) is 0 Å². The first kappa shape index (κ1) is 58.8. The van der Waals surface area contributed by atoms with E-state index < -0.39 is 47.0 Å². The summed E-state index contributed by atoms with van der Waals surface area (Å²) in [4.78, 5) is 0. The Labute approximate surface area is 424 Å². The third-order valence-electron chi connectivity index (χ3n) is 12.2. The minimum atomic E-state index is -4.46. The molecule has 0 atom stereocenters. The van der Waals surface area contributed by atoms with Gasteiger partial charge in [0, 0.05) is 3.57 Å². The van der Waals surface area contributed by atoms with Crippen LogP contribution in [0.2, 0.25) is 0 Å². The number of aryl methyl sites for hydroxylation is 12. The van der Waals surface area contributed by atoms with Crippen LogP contribution in [-0.4, -0.2) is 0 Å². The summed E-state index contributed by atoms with van der Waals surface area (Å²) in [6.45, 7) is 12.0. The predicted octanol–water partition coefficient (Wildman–Crippen LogP) is 18.5. The Balaban J connectivity index is 0.000000220. The van der Waals surface area contributed by atoms with Crippen molar-refractivity contribution in [2.24, 2.45) is 0 Å². The van der Waals surface area contributed by atoms with Gasteiger partial charge in [-0.15, -0.1) is 0 Å². The third-order valence-corrected chi connectivity index (χ3v) is 13.2. The molecule has 0 spiro atoms. The van der Waals surface area contributed by atoms with Crippen LogP contribution in [0.25, 0.3) is 0 Å². The van der Waals surface area contributed by atoms with Crippen molar-refractivity contribution >= 4 is 22.6 Å². The standard InChI is InChI=1S/C18H14F6.C17H14F3I.C17H15F3.3C2H6/c19-17(20,21)15-9-11-1-5-13(15)8-4-12-2-6-14(7-3-11)16(10-12)18(22,23)24;18-17(19,20)15-9-11-1-5-13(15)6-2-12-4-8-14(7-3-11)16(21)10-12;18-17(19,20)16-11-14-6-5-12-1-3-13(4-2-12)7-9-15(16)10-8-14;3*1-2/h1-2,5-6,9-10H,3-4,7-8H2;1,4-5,8-10H,2-3,6-7H2;1-4,8,10-11H,5-7,9H2;3*1-2H3.